The van der Waals surface area contributed by atoms with Crippen molar-refractivity contribution in [2.24, 2.45) is 0 Å². The maximum absolute atomic E-state index is 5.62. The minimum Gasteiger partial charge on any atom is -0.370 e. The summed E-state index contributed by atoms with van der Waals surface area (Å²) in [4.78, 5) is 8.93. The van der Waals surface area contributed by atoms with Crippen LogP contribution in [0.5, 0.6) is 0 Å². The van der Waals surface area contributed by atoms with Crippen LogP contribution in [0, 0.1) is 0 Å². The Bertz CT molecular complexity index is 325. The topological polar surface area (TPSA) is 47.0 Å². The van der Waals surface area contributed by atoms with Crippen molar-refractivity contribution in [1.29, 1.82) is 0 Å². The van der Waals surface area contributed by atoms with Gasteiger partial charge in [-0.2, -0.15) is 0 Å². The molecule has 18 heavy (non-hydrogen) atoms. The highest BCUT2D eigenvalue weighted by atomic mass is 16.5. The van der Waals surface area contributed by atoms with Gasteiger partial charge in [0, 0.05) is 31.6 Å². The number of hydrogen-bond donors (Lipinski definition) is 1. The summed E-state index contributed by atoms with van der Waals surface area (Å²) in [6.45, 7) is 8.21. The number of aromatic nitrogens is 2. The van der Waals surface area contributed by atoms with E-state index in [9.17, 15) is 0 Å². The molecule has 4 nitrogen and oxygen atoms in total. The zero-order valence-electron chi connectivity index (χ0n) is 12.0. The quantitative estimate of drug-likeness (QED) is 0.722. The fourth-order valence-electron chi connectivity index (χ4n) is 2.04. The van der Waals surface area contributed by atoms with Crippen LogP contribution in [0.1, 0.15) is 51.4 Å². The molecule has 1 rings (SSSR count). The second-order valence-corrected chi connectivity index (χ2v) is 4.50. The average Bonchev–Trinajstić information content (AvgIpc) is 2.43. The van der Waals surface area contributed by atoms with Crippen LogP contribution in [0.2, 0.25) is 0 Å². The zero-order valence-corrected chi connectivity index (χ0v) is 12.0. The summed E-state index contributed by atoms with van der Waals surface area (Å²) < 4.78 is 5.62. The molecule has 0 atom stereocenters. The molecule has 0 bridgehead atoms. The number of hydrogen-bond acceptors (Lipinski definition) is 4. The van der Waals surface area contributed by atoms with Gasteiger partial charge in [-0.25, -0.2) is 9.97 Å². The molecule has 0 aliphatic carbocycles. The minimum atomic E-state index is -0.338. The Hall–Kier alpha value is -1.00. The van der Waals surface area contributed by atoms with Crippen molar-refractivity contribution in [2.75, 3.05) is 13.7 Å². The van der Waals surface area contributed by atoms with Gasteiger partial charge in [0.25, 0.3) is 0 Å². The third-order valence-electron chi connectivity index (χ3n) is 3.40. The lowest BCUT2D eigenvalue weighted by molar-refractivity contribution is -0.0292. The highest BCUT2D eigenvalue weighted by Crippen LogP contribution is 2.29. The zero-order chi connectivity index (χ0) is 13.4. The molecular weight excluding hydrogens is 226 g/mol. The molecule has 0 aliphatic rings. The van der Waals surface area contributed by atoms with Gasteiger partial charge in [0.15, 0.2) is 5.82 Å². The highest BCUT2D eigenvalue weighted by molar-refractivity contribution is 5.09. The van der Waals surface area contributed by atoms with Crippen LogP contribution >= 0.6 is 0 Å². The van der Waals surface area contributed by atoms with E-state index in [1.807, 2.05) is 12.4 Å². The molecule has 0 radical (unpaired) electrons. The van der Waals surface area contributed by atoms with Crippen LogP contribution in [0.3, 0.4) is 0 Å². The average molecular weight is 251 g/mol. The molecule has 1 heterocycles. The van der Waals surface area contributed by atoms with Crippen molar-refractivity contribution in [2.45, 2.75) is 52.2 Å². The molecule has 0 aliphatic heterocycles. The summed E-state index contributed by atoms with van der Waals surface area (Å²) >= 11 is 0. The predicted molar refractivity (Wildman–Crippen MR) is 73.3 cm³/mol. The molecule has 1 aromatic rings. The normalized spacial score (nSPS) is 11.8. The van der Waals surface area contributed by atoms with Gasteiger partial charge in [-0.3, -0.25) is 0 Å². The molecule has 0 fully saturated rings. The molecule has 0 amide bonds. The Morgan fingerprint density at radius 2 is 1.78 bits per heavy atom. The predicted octanol–water partition coefficient (Wildman–Crippen LogP) is 2.64. The van der Waals surface area contributed by atoms with Gasteiger partial charge >= 0.3 is 0 Å². The standard InChI is InChI=1S/C14H25N3O/c1-5-8-15-9-12-10-16-13(17-11-12)14(6-2,7-3)18-4/h10-11,15H,5-9H2,1-4H3. The monoisotopic (exact) mass is 251 g/mol. The van der Waals surface area contributed by atoms with Gasteiger partial charge in [0.05, 0.1) is 0 Å². The molecule has 0 unspecified atom stereocenters. The van der Waals surface area contributed by atoms with Crippen molar-refractivity contribution in [3.63, 3.8) is 0 Å². The van der Waals surface area contributed by atoms with E-state index < -0.39 is 0 Å². The smallest absolute Gasteiger partial charge is 0.160 e. The largest absolute Gasteiger partial charge is 0.370 e. The van der Waals surface area contributed by atoms with Crippen LogP contribution in [0.25, 0.3) is 0 Å². The Morgan fingerprint density at radius 1 is 1.17 bits per heavy atom. The number of nitrogens with one attached hydrogen (secondary N) is 1. The minimum absolute atomic E-state index is 0.338. The van der Waals surface area contributed by atoms with Crippen LogP contribution in [-0.4, -0.2) is 23.6 Å². The Balaban J connectivity index is 2.74. The van der Waals surface area contributed by atoms with E-state index in [2.05, 4.69) is 36.1 Å². The van der Waals surface area contributed by atoms with Crippen LogP contribution in [0.15, 0.2) is 12.4 Å². The van der Waals surface area contributed by atoms with Gasteiger partial charge in [-0.1, -0.05) is 20.8 Å². The molecule has 102 valence electrons. The number of rotatable bonds is 8. The second-order valence-electron chi connectivity index (χ2n) is 4.50. The molecule has 0 saturated carbocycles. The third kappa shape index (κ3) is 3.50. The fourth-order valence-corrected chi connectivity index (χ4v) is 2.04. The lowest BCUT2D eigenvalue weighted by Crippen LogP contribution is -2.29. The van der Waals surface area contributed by atoms with E-state index in [0.717, 1.165) is 43.7 Å². The van der Waals surface area contributed by atoms with Crippen LogP contribution in [-0.2, 0) is 16.9 Å². The first-order chi connectivity index (χ1) is 8.72. The van der Waals surface area contributed by atoms with Crippen molar-refractivity contribution < 1.29 is 4.74 Å². The van der Waals surface area contributed by atoms with E-state index >= 15 is 0 Å². The van der Waals surface area contributed by atoms with E-state index in [4.69, 9.17) is 4.74 Å². The molecule has 1 aromatic heterocycles. The van der Waals surface area contributed by atoms with Crippen molar-refractivity contribution in [3.05, 3.63) is 23.8 Å². The Kier molecular flexibility index (Phi) is 6.22. The molecular formula is C14H25N3O. The first kappa shape index (κ1) is 15.1. The summed E-state index contributed by atoms with van der Waals surface area (Å²) in [5, 5.41) is 3.34. The number of ether oxygens (including phenoxy) is 1. The third-order valence-corrected chi connectivity index (χ3v) is 3.40. The first-order valence-corrected chi connectivity index (χ1v) is 6.79. The lowest BCUT2D eigenvalue weighted by Gasteiger charge is -2.28. The number of methoxy groups -OCH3 is 1. The Morgan fingerprint density at radius 3 is 2.22 bits per heavy atom. The van der Waals surface area contributed by atoms with Gasteiger partial charge in [-0.05, 0) is 25.8 Å². The second kappa shape index (κ2) is 7.44. The van der Waals surface area contributed by atoms with Gasteiger partial charge in [0.1, 0.15) is 5.60 Å². The summed E-state index contributed by atoms with van der Waals surface area (Å²) in [6.07, 6.45) is 6.69. The van der Waals surface area contributed by atoms with Crippen molar-refractivity contribution in [1.82, 2.24) is 15.3 Å². The van der Waals surface area contributed by atoms with Crippen LogP contribution < -0.4 is 5.32 Å². The van der Waals surface area contributed by atoms with E-state index in [0.29, 0.717) is 0 Å². The molecule has 1 N–H and O–H groups in total. The SMILES string of the molecule is CCCNCc1cnc(C(CC)(CC)OC)nc1. The van der Waals surface area contributed by atoms with E-state index in [1.165, 1.54) is 0 Å². The van der Waals surface area contributed by atoms with Gasteiger partial charge in [0.2, 0.25) is 0 Å². The van der Waals surface area contributed by atoms with Gasteiger partial charge in [-0.15, -0.1) is 0 Å². The fraction of sp³-hybridized carbons (Fsp3) is 0.714. The molecule has 4 heteroatoms. The summed E-state index contributed by atoms with van der Waals surface area (Å²) in [5.41, 5.74) is 0.777. The Labute approximate surface area is 110 Å². The summed E-state index contributed by atoms with van der Waals surface area (Å²) in [7, 11) is 1.73. The number of nitrogens with zero attached hydrogens (tertiary/aromatic N) is 2. The first-order valence-electron chi connectivity index (χ1n) is 6.79. The summed E-state index contributed by atoms with van der Waals surface area (Å²) in [5.74, 6) is 0.786. The van der Waals surface area contributed by atoms with Crippen LogP contribution in [0.4, 0.5) is 0 Å². The molecule has 0 saturated heterocycles. The van der Waals surface area contributed by atoms with Gasteiger partial charge < -0.3 is 10.1 Å². The molecule has 0 aromatic carbocycles. The van der Waals surface area contributed by atoms with Crippen molar-refractivity contribution in [3.8, 4) is 0 Å². The highest BCUT2D eigenvalue weighted by Gasteiger charge is 2.30. The maximum atomic E-state index is 5.62. The van der Waals surface area contributed by atoms with E-state index in [1.54, 1.807) is 7.11 Å². The van der Waals surface area contributed by atoms with Crippen molar-refractivity contribution >= 4 is 0 Å². The molecule has 0 spiro atoms. The summed E-state index contributed by atoms with van der Waals surface area (Å²) in [6, 6.07) is 0. The maximum Gasteiger partial charge on any atom is 0.160 e. The lowest BCUT2D eigenvalue weighted by atomic mass is 9.96. The van der Waals surface area contributed by atoms with E-state index in [-0.39, 0.29) is 5.60 Å².